The average molecular weight is 309 g/mol. The molecule has 0 saturated heterocycles. The molecule has 0 aliphatic carbocycles. The van der Waals surface area contributed by atoms with Gasteiger partial charge in [-0.15, -0.1) is 5.10 Å². The van der Waals surface area contributed by atoms with Crippen molar-refractivity contribution in [1.29, 1.82) is 0 Å². The van der Waals surface area contributed by atoms with Crippen LogP contribution in [0.3, 0.4) is 0 Å². The fourth-order valence-electron chi connectivity index (χ4n) is 1.70. The number of nitrogens with two attached hydrogens (primary N) is 1. The highest BCUT2D eigenvalue weighted by atomic mass is 79.9. The maximum atomic E-state index is 6.07. The Bertz CT molecular complexity index is 548. The third-order valence-electron chi connectivity index (χ3n) is 2.99. The molecule has 1 unspecified atom stereocenters. The zero-order valence-electron chi connectivity index (χ0n) is 10.8. The Morgan fingerprint density at radius 2 is 2.06 bits per heavy atom. The standard InChI is InChI=1S/C13H17BrN4/c1-8(2)13(15)10-7-18(17-16-10)11-6-4-5-9(3)12(11)14/h4-8,13H,15H2,1-3H3. The molecule has 18 heavy (non-hydrogen) atoms. The second kappa shape index (κ2) is 5.20. The number of hydrogen-bond donors (Lipinski definition) is 1. The molecule has 0 bridgehead atoms. The minimum atomic E-state index is -0.0812. The summed E-state index contributed by atoms with van der Waals surface area (Å²) in [5.41, 5.74) is 9.03. The fourth-order valence-corrected chi connectivity index (χ4v) is 2.14. The molecular formula is C13H17BrN4. The van der Waals surface area contributed by atoms with Crippen LogP contribution in [0.15, 0.2) is 28.9 Å². The third kappa shape index (κ3) is 2.47. The van der Waals surface area contributed by atoms with E-state index in [1.54, 1.807) is 4.68 Å². The lowest BCUT2D eigenvalue weighted by molar-refractivity contribution is 0.502. The highest BCUT2D eigenvalue weighted by Crippen LogP contribution is 2.25. The number of rotatable bonds is 3. The molecule has 0 radical (unpaired) electrons. The van der Waals surface area contributed by atoms with E-state index in [1.807, 2.05) is 31.3 Å². The van der Waals surface area contributed by atoms with Crippen LogP contribution in [0, 0.1) is 12.8 Å². The van der Waals surface area contributed by atoms with Crippen LogP contribution in [-0.4, -0.2) is 15.0 Å². The summed E-state index contributed by atoms with van der Waals surface area (Å²) < 4.78 is 2.79. The van der Waals surface area contributed by atoms with Gasteiger partial charge in [-0.05, 0) is 40.4 Å². The Kier molecular flexibility index (Phi) is 3.82. The molecule has 1 heterocycles. The maximum Gasteiger partial charge on any atom is 0.100 e. The quantitative estimate of drug-likeness (QED) is 0.948. The molecule has 1 atom stereocenters. The van der Waals surface area contributed by atoms with Crippen LogP contribution in [0.2, 0.25) is 0 Å². The van der Waals surface area contributed by atoms with Gasteiger partial charge in [0.25, 0.3) is 0 Å². The Morgan fingerprint density at radius 1 is 1.33 bits per heavy atom. The van der Waals surface area contributed by atoms with Crippen molar-refractivity contribution in [3.8, 4) is 5.69 Å². The van der Waals surface area contributed by atoms with Crippen LogP contribution in [0.4, 0.5) is 0 Å². The Labute approximate surface area is 115 Å². The van der Waals surface area contributed by atoms with E-state index < -0.39 is 0 Å². The first kappa shape index (κ1) is 13.2. The van der Waals surface area contributed by atoms with Gasteiger partial charge in [0, 0.05) is 4.47 Å². The molecule has 0 fully saturated rings. The van der Waals surface area contributed by atoms with E-state index >= 15 is 0 Å². The van der Waals surface area contributed by atoms with Gasteiger partial charge in [0.05, 0.1) is 17.9 Å². The first-order chi connectivity index (χ1) is 8.50. The van der Waals surface area contributed by atoms with E-state index in [4.69, 9.17) is 5.73 Å². The number of benzene rings is 1. The average Bonchev–Trinajstić information content (AvgIpc) is 2.80. The molecule has 2 aromatic rings. The monoisotopic (exact) mass is 308 g/mol. The second-order valence-electron chi connectivity index (χ2n) is 4.77. The van der Waals surface area contributed by atoms with Crippen molar-refractivity contribution in [2.24, 2.45) is 11.7 Å². The third-order valence-corrected chi connectivity index (χ3v) is 4.02. The van der Waals surface area contributed by atoms with Crippen LogP contribution in [0.25, 0.3) is 5.69 Å². The molecule has 1 aromatic heterocycles. The number of nitrogens with zero attached hydrogens (tertiary/aromatic N) is 3. The number of aromatic nitrogens is 3. The van der Waals surface area contributed by atoms with Gasteiger partial charge < -0.3 is 5.73 Å². The molecule has 2 rings (SSSR count). The van der Waals surface area contributed by atoms with E-state index in [0.717, 1.165) is 21.4 Å². The van der Waals surface area contributed by atoms with Crippen molar-refractivity contribution < 1.29 is 0 Å². The van der Waals surface area contributed by atoms with E-state index in [9.17, 15) is 0 Å². The maximum absolute atomic E-state index is 6.07. The predicted octanol–water partition coefficient (Wildman–Crippen LogP) is 2.99. The lowest BCUT2D eigenvalue weighted by Crippen LogP contribution is -2.17. The molecule has 0 aliphatic heterocycles. The Balaban J connectivity index is 2.38. The number of halogens is 1. The first-order valence-electron chi connectivity index (χ1n) is 5.94. The summed E-state index contributed by atoms with van der Waals surface area (Å²) in [7, 11) is 0. The van der Waals surface area contributed by atoms with Gasteiger partial charge in [0.15, 0.2) is 0 Å². The molecule has 1 aromatic carbocycles. The zero-order valence-corrected chi connectivity index (χ0v) is 12.3. The normalized spacial score (nSPS) is 13.0. The molecule has 0 amide bonds. The van der Waals surface area contributed by atoms with E-state index in [-0.39, 0.29) is 6.04 Å². The van der Waals surface area contributed by atoms with Crippen LogP contribution in [0.5, 0.6) is 0 Å². The molecule has 5 heteroatoms. The van der Waals surface area contributed by atoms with Crippen molar-refractivity contribution in [2.45, 2.75) is 26.8 Å². The summed E-state index contributed by atoms with van der Waals surface area (Å²) in [5.74, 6) is 0.344. The molecule has 0 spiro atoms. The van der Waals surface area contributed by atoms with E-state index in [1.165, 1.54) is 0 Å². The highest BCUT2D eigenvalue weighted by Gasteiger charge is 2.15. The van der Waals surface area contributed by atoms with Gasteiger partial charge in [0.2, 0.25) is 0 Å². The van der Waals surface area contributed by atoms with Crippen molar-refractivity contribution in [1.82, 2.24) is 15.0 Å². The van der Waals surface area contributed by atoms with Gasteiger partial charge in [-0.3, -0.25) is 0 Å². The van der Waals surface area contributed by atoms with E-state index in [2.05, 4.69) is 40.1 Å². The van der Waals surface area contributed by atoms with Gasteiger partial charge in [-0.1, -0.05) is 31.2 Å². The van der Waals surface area contributed by atoms with Crippen LogP contribution >= 0.6 is 15.9 Å². The predicted molar refractivity (Wildman–Crippen MR) is 75.6 cm³/mol. The molecule has 2 N–H and O–H groups in total. The summed E-state index contributed by atoms with van der Waals surface area (Å²) in [6.45, 7) is 6.20. The minimum Gasteiger partial charge on any atom is -0.322 e. The van der Waals surface area contributed by atoms with Gasteiger partial charge in [-0.25, -0.2) is 4.68 Å². The van der Waals surface area contributed by atoms with Gasteiger partial charge >= 0.3 is 0 Å². The summed E-state index contributed by atoms with van der Waals surface area (Å²) >= 11 is 3.57. The lowest BCUT2D eigenvalue weighted by atomic mass is 10.0. The SMILES string of the molecule is Cc1cccc(-n2cc(C(N)C(C)C)nn2)c1Br. The highest BCUT2D eigenvalue weighted by molar-refractivity contribution is 9.10. The minimum absolute atomic E-state index is 0.0812. The second-order valence-corrected chi connectivity index (χ2v) is 5.56. The fraction of sp³-hybridized carbons (Fsp3) is 0.385. The first-order valence-corrected chi connectivity index (χ1v) is 6.73. The van der Waals surface area contributed by atoms with Crippen molar-refractivity contribution >= 4 is 15.9 Å². The van der Waals surface area contributed by atoms with Crippen LogP contribution in [0.1, 0.15) is 31.1 Å². The summed E-state index contributed by atoms with van der Waals surface area (Å²) in [6.07, 6.45) is 1.89. The summed E-state index contributed by atoms with van der Waals surface area (Å²) in [4.78, 5) is 0. The topological polar surface area (TPSA) is 56.7 Å². The zero-order chi connectivity index (χ0) is 13.3. The van der Waals surface area contributed by atoms with Gasteiger partial charge in [0.1, 0.15) is 5.69 Å². The number of aryl methyl sites for hydroxylation is 1. The summed E-state index contributed by atoms with van der Waals surface area (Å²) in [6, 6.07) is 5.96. The largest absolute Gasteiger partial charge is 0.322 e. The van der Waals surface area contributed by atoms with E-state index in [0.29, 0.717) is 5.92 Å². The van der Waals surface area contributed by atoms with Crippen molar-refractivity contribution in [3.05, 3.63) is 40.1 Å². The van der Waals surface area contributed by atoms with Crippen LogP contribution in [-0.2, 0) is 0 Å². The Hall–Kier alpha value is -1.20. The number of hydrogen-bond acceptors (Lipinski definition) is 3. The van der Waals surface area contributed by atoms with Gasteiger partial charge in [-0.2, -0.15) is 0 Å². The van der Waals surface area contributed by atoms with Crippen LogP contribution < -0.4 is 5.73 Å². The molecule has 4 nitrogen and oxygen atoms in total. The van der Waals surface area contributed by atoms with Crippen molar-refractivity contribution in [3.63, 3.8) is 0 Å². The summed E-state index contributed by atoms with van der Waals surface area (Å²) in [5, 5.41) is 8.30. The molecular weight excluding hydrogens is 292 g/mol. The molecule has 96 valence electrons. The molecule has 0 aliphatic rings. The molecule has 0 saturated carbocycles. The Morgan fingerprint density at radius 3 is 2.72 bits per heavy atom. The van der Waals surface area contributed by atoms with Crippen molar-refractivity contribution in [2.75, 3.05) is 0 Å². The lowest BCUT2D eigenvalue weighted by Gasteiger charge is -2.11. The smallest absolute Gasteiger partial charge is 0.100 e.